The van der Waals surface area contributed by atoms with E-state index < -0.39 is 0 Å². The van der Waals surface area contributed by atoms with Gasteiger partial charge in [0.15, 0.2) is 0 Å². The van der Waals surface area contributed by atoms with Crippen molar-refractivity contribution in [3.05, 3.63) is 46.2 Å². The summed E-state index contributed by atoms with van der Waals surface area (Å²) in [5, 5.41) is 4.20. The molecule has 0 N–H and O–H groups in total. The predicted molar refractivity (Wildman–Crippen MR) is 96.3 cm³/mol. The summed E-state index contributed by atoms with van der Waals surface area (Å²) >= 11 is 5.03. The first-order valence-corrected chi connectivity index (χ1v) is 9.72. The summed E-state index contributed by atoms with van der Waals surface area (Å²) in [6.45, 7) is 4.26. The standard InChI is InChI=1S/C16H13N3OS3/c1-9-10(2)23-16-13(9)15(17-8-18-16)22-7-11-6-20-14(19-11)12-4-3-5-21-12/h3-6,8H,7H2,1-2H3. The number of aryl methyl sites for hydroxylation is 2. The maximum atomic E-state index is 5.57. The Labute approximate surface area is 145 Å². The Morgan fingerprint density at radius 2 is 2.17 bits per heavy atom. The van der Waals surface area contributed by atoms with Crippen LogP contribution in [0.5, 0.6) is 0 Å². The van der Waals surface area contributed by atoms with Crippen molar-refractivity contribution >= 4 is 44.7 Å². The number of fused-ring (bicyclic) bond motifs is 1. The molecule has 0 saturated carbocycles. The molecule has 7 heteroatoms. The molecule has 0 fully saturated rings. The van der Waals surface area contributed by atoms with Crippen molar-refractivity contribution in [1.29, 1.82) is 0 Å². The third kappa shape index (κ3) is 2.80. The van der Waals surface area contributed by atoms with Gasteiger partial charge >= 0.3 is 0 Å². The van der Waals surface area contributed by atoms with Crippen LogP contribution in [0.25, 0.3) is 21.0 Å². The lowest BCUT2D eigenvalue weighted by molar-refractivity contribution is 0.575. The topological polar surface area (TPSA) is 51.8 Å². The average Bonchev–Trinajstić information content (AvgIpc) is 3.27. The van der Waals surface area contributed by atoms with E-state index in [1.54, 1.807) is 47.0 Å². The van der Waals surface area contributed by atoms with Crippen LogP contribution in [-0.2, 0) is 5.75 Å². The van der Waals surface area contributed by atoms with Gasteiger partial charge < -0.3 is 4.42 Å². The second kappa shape index (κ2) is 6.07. The number of oxazole rings is 1. The average molecular weight is 360 g/mol. The van der Waals surface area contributed by atoms with Crippen LogP contribution in [0, 0.1) is 13.8 Å². The van der Waals surface area contributed by atoms with E-state index in [1.807, 2.05) is 17.5 Å². The maximum absolute atomic E-state index is 5.57. The first-order valence-electron chi connectivity index (χ1n) is 7.04. The molecule has 0 bridgehead atoms. The Bertz CT molecular complexity index is 956. The lowest BCUT2D eigenvalue weighted by Crippen LogP contribution is -1.87. The van der Waals surface area contributed by atoms with E-state index in [0.717, 1.165) is 26.2 Å². The van der Waals surface area contributed by atoms with Gasteiger partial charge in [-0.1, -0.05) is 17.8 Å². The van der Waals surface area contributed by atoms with E-state index in [0.29, 0.717) is 5.89 Å². The van der Waals surface area contributed by atoms with Crippen LogP contribution in [0.1, 0.15) is 16.1 Å². The second-order valence-electron chi connectivity index (χ2n) is 5.05. The fraction of sp³-hybridized carbons (Fsp3) is 0.188. The van der Waals surface area contributed by atoms with E-state index in [-0.39, 0.29) is 0 Å². The minimum atomic E-state index is 0.686. The SMILES string of the molecule is Cc1sc2ncnc(SCc3coc(-c4cccs4)n3)c2c1C. The van der Waals surface area contributed by atoms with Gasteiger partial charge in [-0.05, 0) is 30.9 Å². The molecule has 4 aromatic heterocycles. The van der Waals surface area contributed by atoms with E-state index in [2.05, 4.69) is 28.8 Å². The molecule has 23 heavy (non-hydrogen) atoms. The molecule has 0 aliphatic carbocycles. The Balaban J connectivity index is 1.58. The minimum absolute atomic E-state index is 0.686. The Morgan fingerprint density at radius 1 is 1.26 bits per heavy atom. The van der Waals surface area contributed by atoms with Gasteiger partial charge in [0.05, 0.1) is 10.6 Å². The molecule has 0 aromatic carbocycles. The summed E-state index contributed by atoms with van der Waals surface area (Å²) < 4.78 is 5.57. The molecule has 0 amide bonds. The molecule has 116 valence electrons. The monoisotopic (exact) mass is 359 g/mol. The molecule has 4 aromatic rings. The molecule has 4 nitrogen and oxygen atoms in total. The van der Waals surface area contributed by atoms with Crippen molar-refractivity contribution < 1.29 is 4.42 Å². The third-order valence-corrected chi connectivity index (χ3v) is 6.57. The zero-order valence-electron chi connectivity index (χ0n) is 12.6. The highest BCUT2D eigenvalue weighted by Gasteiger charge is 2.14. The Kier molecular flexibility index (Phi) is 3.92. The molecule has 0 aliphatic rings. The van der Waals surface area contributed by atoms with Gasteiger partial charge in [-0.3, -0.25) is 0 Å². The van der Waals surface area contributed by atoms with E-state index in [9.17, 15) is 0 Å². The predicted octanol–water partition coefficient (Wildman–Crippen LogP) is 5.32. The Hall–Kier alpha value is -1.70. The third-order valence-electron chi connectivity index (χ3n) is 3.57. The largest absolute Gasteiger partial charge is 0.444 e. The van der Waals surface area contributed by atoms with Crippen molar-refractivity contribution in [1.82, 2.24) is 15.0 Å². The molecule has 0 spiro atoms. The van der Waals surface area contributed by atoms with Gasteiger partial charge in [-0.2, -0.15) is 0 Å². The van der Waals surface area contributed by atoms with Crippen LogP contribution in [0.2, 0.25) is 0 Å². The zero-order valence-corrected chi connectivity index (χ0v) is 15.0. The van der Waals surface area contributed by atoms with Gasteiger partial charge in [0, 0.05) is 16.0 Å². The fourth-order valence-electron chi connectivity index (χ4n) is 2.29. The molecule has 0 radical (unpaired) electrons. The van der Waals surface area contributed by atoms with Crippen LogP contribution in [0.3, 0.4) is 0 Å². The number of thiophene rings is 2. The minimum Gasteiger partial charge on any atom is -0.444 e. The summed E-state index contributed by atoms with van der Waals surface area (Å²) in [4.78, 5) is 16.8. The van der Waals surface area contributed by atoms with Gasteiger partial charge in [-0.15, -0.1) is 22.7 Å². The molecular formula is C16H13N3OS3. The number of hydrogen-bond donors (Lipinski definition) is 0. The number of aromatic nitrogens is 3. The van der Waals surface area contributed by atoms with Gasteiger partial charge in [0.1, 0.15) is 22.4 Å². The lowest BCUT2D eigenvalue weighted by atomic mass is 10.2. The highest BCUT2D eigenvalue weighted by molar-refractivity contribution is 7.98. The molecule has 0 atom stereocenters. The molecule has 4 heterocycles. The zero-order chi connectivity index (χ0) is 15.8. The van der Waals surface area contributed by atoms with Crippen molar-refractivity contribution in [3.8, 4) is 10.8 Å². The van der Waals surface area contributed by atoms with Crippen LogP contribution >= 0.6 is 34.4 Å². The summed E-state index contributed by atoms with van der Waals surface area (Å²) in [6.07, 6.45) is 3.37. The van der Waals surface area contributed by atoms with Crippen molar-refractivity contribution in [2.75, 3.05) is 0 Å². The molecule has 4 rings (SSSR count). The normalized spacial score (nSPS) is 11.4. The summed E-state index contributed by atoms with van der Waals surface area (Å²) in [5.41, 5.74) is 2.20. The highest BCUT2D eigenvalue weighted by Crippen LogP contribution is 2.35. The van der Waals surface area contributed by atoms with Crippen LogP contribution in [-0.4, -0.2) is 15.0 Å². The highest BCUT2D eigenvalue weighted by atomic mass is 32.2. The molecular weight excluding hydrogens is 346 g/mol. The van der Waals surface area contributed by atoms with Crippen molar-refractivity contribution in [2.45, 2.75) is 24.6 Å². The van der Waals surface area contributed by atoms with E-state index >= 15 is 0 Å². The van der Waals surface area contributed by atoms with Crippen LogP contribution in [0.15, 0.2) is 39.5 Å². The number of nitrogens with zero attached hydrogens (tertiary/aromatic N) is 3. The number of thioether (sulfide) groups is 1. The van der Waals surface area contributed by atoms with Gasteiger partial charge in [-0.25, -0.2) is 15.0 Å². The maximum Gasteiger partial charge on any atom is 0.236 e. The lowest BCUT2D eigenvalue weighted by Gasteiger charge is -2.01. The van der Waals surface area contributed by atoms with Crippen LogP contribution in [0.4, 0.5) is 0 Å². The first-order chi connectivity index (χ1) is 11.2. The number of hydrogen-bond acceptors (Lipinski definition) is 7. The Morgan fingerprint density at radius 3 is 3.00 bits per heavy atom. The van der Waals surface area contributed by atoms with Crippen LogP contribution < -0.4 is 0 Å². The number of rotatable bonds is 4. The second-order valence-corrected chi connectivity index (χ2v) is 8.17. The van der Waals surface area contributed by atoms with E-state index in [1.165, 1.54) is 15.8 Å². The van der Waals surface area contributed by atoms with Gasteiger partial charge in [0.2, 0.25) is 5.89 Å². The summed E-state index contributed by atoms with van der Waals surface area (Å²) in [5.74, 6) is 1.42. The quantitative estimate of drug-likeness (QED) is 0.365. The molecule has 0 aliphatic heterocycles. The smallest absolute Gasteiger partial charge is 0.236 e. The fourth-order valence-corrected chi connectivity index (χ4v) is 4.94. The van der Waals surface area contributed by atoms with Crippen molar-refractivity contribution in [2.24, 2.45) is 0 Å². The summed E-state index contributed by atoms with van der Waals surface area (Å²) in [7, 11) is 0. The van der Waals surface area contributed by atoms with E-state index in [4.69, 9.17) is 4.42 Å². The van der Waals surface area contributed by atoms with Gasteiger partial charge in [0.25, 0.3) is 0 Å². The first kappa shape index (κ1) is 14.9. The molecule has 0 unspecified atom stereocenters. The summed E-state index contributed by atoms with van der Waals surface area (Å²) in [6, 6.07) is 4.01. The molecule has 0 saturated heterocycles. The van der Waals surface area contributed by atoms with Crippen molar-refractivity contribution in [3.63, 3.8) is 0 Å².